The van der Waals surface area contributed by atoms with Gasteiger partial charge in [0.25, 0.3) is 0 Å². The summed E-state index contributed by atoms with van der Waals surface area (Å²) >= 11 is 3.34. The van der Waals surface area contributed by atoms with Crippen LogP contribution in [0, 0.1) is 0 Å². The maximum atomic E-state index is 12.3. The van der Waals surface area contributed by atoms with Crippen molar-refractivity contribution >= 4 is 39.3 Å². The molecule has 0 saturated heterocycles. The van der Waals surface area contributed by atoms with Gasteiger partial charge in [-0.1, -0.05) is 28.1 Å². The van der Waals surface area contributed by atoms with Crippen LogP contribution in [0.5, 0.6) is 5.75 Å². The lowest BCUT2D eigenvalue weighted by molar-refractivity contribution is -0.122. The summed E-state index contributed by atoms with van der Waals surface area (Å²) in [6, 6.07) is 13.9. The predicted molar refractivity (Wildman–Crippen MR) is 115 cm³/mol. The average Bonchev–Trinajstić information content (AvgIpc) is 2.69. The summed E-state index contributed by atoms with van der Waals surface area (Å²) in [5.41, 5.74) is 1.49. The zero-order valence-corrected chi connectivity index (χ0v) is 17.9. The first kappa shape index (κ1) is 22.4. The van der Waals surface area contributed by atoms with Gasteiger partial charge in [-0.15, -0.1) is 0 Å². The maximum Gasteiger partial charge on any atom is 0.226 e. The summed E-state index contributed by atoms with van der Waals surface area (Å²) in [6.07, 6.45) is 0.218. The Morgan fingerprint density at radius 3 is 2.24 bits per heavy atom. The van der Waals surface area contributed by atoms with Gasteiger partial charge < -0.3 is 20.7 Å². The molecular weight excluding hydrogens is 438 g/mol. The van der Waals surface area contributed by atoms with Crippen LogP contribution in [0.4, 0.5) is 5.69 Å². The lowest BCUT2D eigenvalue weighted by Gasteiger charge is -2.18. The minimum atomic E-state index is -0.463. The molecule has 0 aliphatic heterocycles. The molecule has 0 heterocycles. The van der Waals surface area contributed by atoms with Crippen molar-refractivity contribution in [1.29, 1.82) is 0 Å². The van der Waals surface area contributed by atoms with Gasteiger partial charge in [0.1, 0.15) is 5.75 Å². The molecule has 7 nitrogen and oxygen atoms in total. The molecule has 0 aromatic heterocycles. The third-order valence-electron chi connectivity index (χ3n) is 4.09. The predicted octanol–water partition coefficient (Wildman–Crippen LogP) is 3.17. The van der Waals surface area contributed by atoms with Gasteiger partial charge in [0.05, 0.1) is 19.6 Å². The van der Waals surface area contributed by atoms with Crippen LogP contribution in [0.25, 0.3) is 0 Å². The highest BCUT2D eigenvalue weighted by molar-refractivity contribution is 9.10. The molecule has 0 spiro atoms. The van der Waals surface area contributed by atoms with E-state index in [-0.39, 0.29) is 37.1 Å². The van der Waals surface area contributed by atoms with E-state index in [2.05, 4.69) is 31.9 Å². The second-order valence-corrected chi connectivity index (χ2v) is 7.30. The Hall–Kier alpha value is -2.87. The number of rotatable bonds is 9. The molecule has 0 saturated carbocycles. The Balaban J connectivity index is 1.83. The van der Waals surface area contributed by atoms with E-state index in [1.807, 2.05) is 12.1 Å². The number of carbonyl (C=O) groups excluding carboxylic acids is 3. The third kappa shape index (κ3) is 7.95. The van der Waals surface area contributed by atoms with Crippen molar-refractivity contribution in [2.75, 3.05) is 19.0 Å². The van der Waals surface area contributed by atoms with Gasteiger partial charge >= 0.3 is 0 Å². The Morgan fingerprint density at radius 2 is 1.66 bits per heavy atom. The topological polar surface area (TPSA) is 96.5 Å². The molecule has 29 heavy (non-hydrogen) atoms. The van der Waals surface area contributed by atoms with Crippen molar-refractivity contribution in [2.45, 2.75) is 25.8 Å². The number of anilines is 1. The fourth-order valence-electron chi connectivity index (χ4n) is 2.66. The number of ether oxygens (including phenoxy) is 1. The molecule has 1 atom stereocenters. The first-order valence-corrected chi connectivity index (χ1v) is 9.90. The maximum absolute atomic E-state index is 12.3. The summed E-state index contributed by atoms with van der Waals surface area (Å²) in [4.78, 5) is 35.8. The van der Waals surface area contributed by atoms with Crippen LogP contribution >= 0.6 is 15.9 Å². The van der Waals surface area contributed by atoms with Crippen LogP contribution in [-0.4, -0.2) is 31.4 Å². The molecule has 0 aliphatic rings. The number of amides is 3. The number of halogens is 1. The van der Waals surface area contributed by atoms with Crippen molar-refractivity contribution in [2.24, 2.45) is 0 Å². The van der Waals surface area contributed by atoms with Crippen LogP contribution in [0.2, 0.25) is 0 Å². The van der Waals surface area contributed by atoms with Gasteiger partial charge in [-0.2, -0.15) is 0 Å². The number of methoxy groups -OCH3 is 1. The van der Waals surface area contributed by atoms with Gasteiger partial charge in [-0.3, -0.25) is 14.4 Å². The highest BCUT2D eigenvalue weighted by atomic mass is 79.9. The molecule has 2 aromatic rings. The van der Waals surface area contributed by atoms with Crippen LogP contribution in [-0.2, 0) is 14.4 Å². The number of carbonyl (C=O) groups is 3. The lowest BCUT2D eigenvalue weighted by atomic mass is 10.0. The molecule has 0 radical (unpaired) electrons. The highest BCUT2D eigenvalue weighted by Gasteiger charge is 2.17. The molecular formula is C21H24BrN3O4. The van der Waals surface area contributed by atoms with Gasteiger partial charge in [0.15, 0.2) is 0 Å². The zero-order chi connectivity index (χ0) is 21.2. The first-order chi connectivity index (χ1) is 13.9. The van der Waals surface area contributed by atoms with Crippen LogP contribution in [0.1, 0.15) is 31.4 Å². The SMILES string of the molecule is COc1ccc(C(CC(=O)NCCC(=O)Nc2ccc(Br)cc2)NC(C)=O)cc1. The second-order valence-electron chi connectivity index (χ2n) is 6.39. The van der Waals surface area contributed by atoms with Crippen molar-refractivity contribution < 1.29 is 19.1 Å². The van der Waals surface area contributed by atoms with Gasteiger partial charge in [-0.25, -0.2) is 0 Å². The Bertz CT molecular complexity index is 838. The fraction of sp³-hybridized carbons (Fsp3) is 0.286. The first-order valence-electron chi connectivity index (χ1n) is 9.10. The Labute approximate surface area is 178 Å². The second kappa shape index (κ2) is 11.2. The van der Waals surface area contributed by atoms with Crippen LogP contribution in [0.3, 0.4) is 0 Å². The van der Waals surface area contributed by atoms with Gasteiger partial charge in [-0.05, 0) is 42.0 Å². The molecule has 0 fully saturated rings. The van der Waals surface area contributed by atoms with E-state index >= 15 is 0 Å². The van der Waals surface area contributed by atoms with Crippen molar-refractivity contribution in [1.82, 2.24) is 10.6 Å². The van der Waals surface area contributed by atoms with E-state index in [0.29, 0.717) is 11.4 Å². The molecule has 0 bridgehead atoms. The smallest absolute Gasteiger partial charge is 0.226 e. The third-order valence-corrected chi connectivity index (χ3v) is 4.62. The average molecular weight is 462 g/mol. The monoisotopic (exact) mass is 461 g/mol. The largest absolute Gasteiger partial charge is 0.497 e. The summed E-state index contributed by atoms with van der Waals surface area (Å²) in [5.74, 6) is 0.0151. The van der Waals surface area contributed by atoms with Gasteiger partial charge in [0, 0.05) is 30.0 Å². The summed E-state index contributed by atoms with van der Waals surface area (Å²) in [5, 5.41) is 8.26. The standard InChI is InChI=1S/C21H24BrN3O4/c1-14(26)24-19(15-3-9-18(29-2)10-4-15)13-21(28)23-12-11-20(27)25-17-7-5-16(22)6-8-17/h3-10,19H,11-13H2,1-2H3,(H,23,28)(H,24,26)(H,25,27). The molecule has 1 unspecified atom stereocenters. The van der Waals surface area contributed by atoms with Crippen molar-refractivity contribution in [3.63, 3.8) is 0 Å². The van der Waals surface area contributed by atoms with Gasteiger partial charge in [0.2, 0.25) is 17.7 Å². The molecule has 154 valence electrons. The minimum absolute atomic E-state index is 0.0697. The molecule has 2 rings (SSSR count). The summed E-state index contributed by atoms with van der Waals surface area (Å²) < 4.78 is 6.05. The van der Waals surface area contributed by atoms with E-state index in [4.69, 9.17) is 4.74 Å². The molecule has 2 aromatic carbocycles. The van der Waals surface area contributed by atoms with Crippen LogP contribution < -0.4 is 20.7 Å². The van der Waals surface area contributed by atoms with Crippen molar-refractivity contribution in [3.05, 3.63) is 58.6 Å². The Kier molecular flexibility index (Phi) is 8.67. The van der Waals surface area contributed by atoms with E-state index in [9.17, 15) is 14.4 Å². The zero-order valence-electron chi connectivity index (χ0n) is 16.3. The van der Waals surface area contributed by atoms with E-state index < -0.39 is 6.04 Å². The Morgan fingerprint density at radius 1 is 1.00 bits per heavy atom. The molecule has 3 amide bonds. The normalized spacial score (nSPS) is 11.3. The minimum Gasteiger partial charge on any atom is -0.497 e. The van der Waals surface area contributed by atoms with E-state index in [1.54, 1.807) is 43.5 Å². The summed E-state index contributed by atoms with van der Waals surface area (Å²) in [7, 11) is 1.57. The number of nitrogens with one attached hydrogen (secondary N) is 3. The fourth-order valence-corrected chi connectivity index (χ4v) is 2.93. The molecule has 3 N–H and O–H groups in total. The number of benzene rings is 2. The van der Waals surface area contributed by atoms with Crippen molar-refractivity contribution in [3.8, 4) is 5.75 Å². The number of hydrogen-bond acceptors (Lipinski definition) is 4. The number of hydrogen-bond donors (Lipinski definition) is 3. The van der Waals surface area contributed by atoms with E-state index in [0.717, 1.165) is 10.0 Å². The van der Waals surface area contributed by atoms with E-state index in [1.165, 1.54) is 6.92 Å². The lowest BCUT2D eigenvalue weighted by Crippen LogP contribution is -2.33. The molecule has 0 aliphatic carbocycles. The quantitative estimate of drug-likeness (QED) is 0.534. The summed E-state index contributed by atoms with van der Waals surface area (Å²) in [6.45, 7) is 1.61. The highest BCUT2D eigenvalue weighted by Crippen LogP contribution is 2.20. The molecule has 8 heteroatoms. The van der Waals surface area contributed by atoms with Crippen LogP contribution in [0.15, 0.2) is 53.0 Å².